The van der Waals surface area contributed by atoms with E-state index in [0.717, 1.165) is 24.7 Å². The summed E-state index contributed by atoms with van der Waals surface area (Å²) in [4.78, 5) is 12.2. The van der Waals surface area contributed by atoms with Crippen LogP contribution in [0, 0.1) is 5.82 Å². The van der Waals surface area contributed by atoms with Gasteiger partial charge in [0.2, 0.25) is 11.1 Å². The average molecular weight is 356 g/mol. The summed E-state index contributed by atoms with van der Waals surface area (Å²) in [5.41, 5.74) is 0.360. The van der Waals surface area contributed by atoms with Gasteiger partial charge in [0.05, 0.1) is 16.0 Å². The zero-order chi connectivity index (χ0) is 16.6. The predicted molar refractivity (Wildman–Crippen MR) is 87.5 cm³/mol. The third kappa shape index (κ3) is 3.59. The van der Waals surface area contributed by atoms with Crippen molar-refractivity contribution in [3.8, 4) is 0 Å². The lowest BCUT2D eigenvalue weighted by Gasteiger charge is -2.12. The standard InChI is InChI=1S/C14H15ClFN5OS/c1-7(13(22)18-11-5-4-9(16)6-10(11)15)23-14-20-19-12(21(14)17)8-2-3-8/h4-8H,2-3,17H2,1H3,(H,18,22)/t7-/m0/s1. The molecule has 1 heterocycles. The van der Waals surface area contributed by atoms with Gasteiger partial charge >= 0.3 is 0 Å². The topological polar surface area (TPSA) is 85.8 Å². The Morgan fingerprint density at radius 2 is 2.26 bits per heavy atom. The first-order valence-corrected chi connectivity index (χ1v) is 8.34. The van der Waals surface area contributed by atoms with Crippen molar-refractivity contribution in [1.82, 2.24) is 14.9 Å². The van der Waals surface area contributed by atoms with Crippen molar-refractivity contribution in [3.05, 3.63) is 34.9 Å². The van der Waals surface area contributed by atoms with E-state index in [1.165, 1.54) is 28.6 Å². The number of amides is 1. The van der Waals surface area contributed by atoms with Crippen LogP contribution in [-0.4, -0.2) is 26.0 Å². The molecule has 2 aromatic rings. The van der Waals surface area contributed by atoms with Gasteiger partial charge in [0.25, 0.3) is 0 Å². The molecule has 1 aliphatic carbocycles. The van der Waals surface area contributed by atoms with Gasteiger partial charge in [-0.05, 0) is 38.0 Å². The van der Waals surface area contributed by atoms with Gasteiger partial charge in [-0.2, -0.15) is 0 Å². The number of rotatable bonds is 5. The van der Waals surface area contributed by atoms with Gasteiger partial charge in [0.1, 0.15) is 5.82 Å². The van der Waals surface area contributed by atoms with Crippen LogP contribution < -0.4 is 11.2 Å². The second-order valence-electron chi connectivity index (χ2n) is 5.36. The van der Waals surface area contributed by atoms with Gasteiger partial charge in [-0.3, -0.25) is 4.79 Å². The average Bonchev–Trinajstić information content (AvgIpc) is 3.28. The zero-order valence-electron chi connectivity index (χ0n) is 12.3. The van der Waals surface area contributed by atoms with E-state index in [4.69, 9.17) is 17.4 Å². The number of benzene rings is 1. The molecule has 0 bridgehead atoms. The Hall–Kier alpha value is -1.80. The van der Waals surface area contributed by atoms with E-state index in [0.29, 0.717) is 16.8 Å². The van der Waals surface area contributed by atoms with E-state index in [1.54, 1.807) is 6.92 Å². The van der Waals surface area contributed by atoms with Crippen molar-refractivity contribution >= 4 is 35.0 Å². The van der Waals surface area contributed by atoms with Crippen LogP contribution in [0.2, 0.25) is 5.02 Å². The lowest BCUT2D eigenvalue weighted by Crippen LogP contribution is -2.24. The molecule has 1 fully saturated rings. The van der Waals surface area contributed by atoms with Gasteiger partial charge in [-0.25, -0.2) is 9.07 Å². The molecule has 1 aromatic heterocycles. The molecule has 0 aliphatic heterocycles. The van der Waals surface area contributed by atoms with E-state index >= 15 is 0 Å². The van der Waals surface area contributed by atoms with Crippen molar-refractivity contribution in [2.24, 2.45) is 0 Å². The highest BCUT2D eigenvalue weighted by Gasteiger charge is 2.30. The summed E-state index contributed by atoms with van der Waals surface area (Å²) in [6, 6.07) is 3.80. The number of anilines is 1. The van der Waals surface area contributed by atoms with Crippen molar-refractivity contribution in [3.63, 3.8) is 0 Å². The molecule has 9 heteroatoms. The quantitative estimate of drug-likeness (QED) is 0.636. The molecule has 1 atom stereocenters. The van der Waals surface area contributed by atoms with E-state index in [2.05, 4.69) is 15.5 Å². The summed E-state index contributed by atoms with van der Waals surface area (Å²) in [7, 11) is 0. The van der Waals surface area contributed by atoms with Crippen LogP contribution >= 0.6 is 23.4 Å². The number of hydrogen-bond acceptors (Lipinski definition) is 5. The fourth-order valence-corrected chi connectivity index (χ4v) is 3.02. The largest absolute Gasteiger partial charge is 0.336 e. The van der Waals surface area contributed by atoms with Crippen molar-refractivity contribution in [2.75, 3.05) is 11.2 Å². The third-order valence-electron chi connectivity index (χ3n) is 3.47. The maximum Gasteiger partial charge on any atom is 0.237 e. The molecule has 3 N–H and O–H groups in total. The van der Waals surface area contributed by atoms with Gasteiger partial charge in [-0.1, -0.05) is 23.4 Å². The predicted octanol–water partition coefficient (Wildman–Crippen LogP) is 2.78. The van der Waals surface area contributed by atoms with Crippen LogP contribution in [0.4, 0.5) is 10.1 Å². The normalized spacial score (nSPS) is 15.4. The number of halogens is 2. The Bertz CT molecular complexity index is 749. The van der Waals surface area contributed by atoms with Crippen molar-refractivity contribution in [2.45, 2.75) is 36.1 Å². The van der Waals surface area contributed by atoms with Gasteiger partial charge in [0.15, 0.2) is 5.82 Å². The third-order valence-corrected chi connectivity index (χ3v) is 4.84. The second kappa shape index (κ2) is 6.37. The summed E-state index contributed by atoms with van der Waals surface area (Å²) in [5.74, 6) is 6.36. The van der Waals surface area contributed by atoms with Crippen molar-refractivity contribution < 1.29 is 9.18 Å². The highest BCUT2D eigenvalue weighted by Crippen LogP contribution is 2.39. The molecular weight excluding hydrogens is 341 g/mol. The fraction of sp³-hybridized carbons (Fsp3) is 0.357. The highest BCUT2D eigenvalue weighted by atomic mass is 35.5. The van der Waals surface area contributed by atoms with Gasteiger partial charge < -0.3 is 11.2 Å². The summed E-state index contributed by atoms with van der Waals surface area (Å²) in [6.45, 7) is 1.73. The molecule has 1 amide bonds. The maximum absolute atomic E-state index is 13.0. The first-order valence-electron chi connectivity index (χ1n) is 7.08. The molecule has 23 heavy (non-hydrogen) atoms. The number of nitrogen functional groups attached to an aromatic ring is 1. The minimum absolute atomic E-state index is 0.147. The molecule has 6 nitrogen and oxygen atoms in total. The fourth-order valence-electron chi connectivity index (χ4n) is 2.03. The number of thioether (sulfide) groups is 1. The van der Waals surface area contributed by atoms with E-state index in [-0.39, 0.29) is 10.9 Å². The Morgan fingerprint density at radius 1 is 1.52 bits per heavy atom. The number of carbonyl (C=O) groups excluding carboxylic acids is 1. The Morgan fingerprint density at radius 3 is 2.91 bits per heavy atom. The molecule has 0 saturated heterocycles. The lowest BCUT2D eigenvalue weighted by atomic mass is 10.3. The maximum atomic E-state index is 13.0. The molecule has 1 aliphatic rings. The molecule has 0 spiro atoms. The molecular formula is C14H15ClFN5OS. The number of carbonyl (C=O) groups is 1. The number of aromatic nitrogens is 3. The Labute approximate surface area is 141 Å². The number of nitrogens with zero attached hydrogens (tertiary/aromatic N) is 3. The molecule has 1 aromatic carbocycles. The first-order chi connectivity index (χ1) is 11.0. The van der Waals surface area contributed by atoms with Crippen LogP contribution in [0.15, 0.2) is 23.4 Å². The van der Waals surface area contributed by atoms with E-state index in [9.17, 15) is 9.18 Å². The monoisotopic (exact) mass is 355 g/mol. The van der Waals surface area contributed by atoms with Crippen LogP contribution in [0.25, 0.3) is 0 Å². The highest BCUT2D eigenvalue weighted by molar-refractivity contribution is 8.00. The van der Waals surface area contributed by atoms with Crippen LogP contribution in [0.1, 0.15) is 31.5 Å². The van der Waals surface area contributed by atoms with Crippen LogP contribution in [0.3, 0.4) is 0 Å². The summed E-state index contributed by atoms with van der Waals surface area (Å²) in [6.07, 6.45) is 2.14. The van der Waals surface area contributed by atoms with Crippen LogP contribution in [0.5, 0.6) is 0 Å². The summed E-state index contributed by atoms with van der Waals surface area (Å²) < 4.78 is 14.5. The number of nitrogens with one attached hydrogen (secondary N) is 1. The SMILES string of the molecule is C[C@H](Sc1nnc(C2CC2)n1N)C(=O)Nc1ccc(F)cc1Cl. The number of nitrogens with two attached hydrogens (primary N) is 1. The lowest BCUT2D eigenvalue weighted by molar-refractivity contribution is -0.115. The first kappa shape index (κ1) is 16.1. The van der Waals surface area contributed by atoms with Crippen LogP contribution in [-0.2, 0) is 4.79 Å². The molecule has 3 rings (SSSR count). The van der Waals surface area contributed by atoms with Crippen molar-refractivity contribution in [1.29, 1.82) is 0 Å². The van der Waals surface area contributed by atoms with E-state index in [1.807, 2.05) is 0 Å². The minimum Gasteiger partial charge on any atom is -0.336 e. The number of hydrogen-bond donors (Lipinski definition) is 2. The van der Waals surface area contributed by atoms with Gasteiger partial charge in [-0.15, -0.1) is 10.2 Å². The zero-order valence-corrected chi connectivity index (χ0v) is 13.9. The molecule has 122 valence electrons. The summed E-state index contributed by atoms with van der Waals surface area (Å²) >= 11 is 7.11. The second-order valence-corrected chi connectivity index (χ2v) is 7.07. The van der Waals surface area contributed by atoms with E-state index < -0.39 is 11.1 Å². The molecule has 1 saturated carbocycles. The summed E-state index contributed by atoms with van der Waals surface area (Å²) in [5, 5.41) is 10.9. The van der Waals surface area contributed by atoms with Gasteiger partial charge in [0, 0.05) is 5.92 Å². The Balaban J connectivity index is 1.65. The minimum atomic E-state index is -0.463. The molecule has 0 unspecified atom stereocenters. The Kier molecular flexibility index (Phi) is 4.45. The smallest absolute Gasteiger partial charge is 0.237 e. The molecule has 0 radical (unpaired) electrons.